The van der Waals surface area contributed by atoms with Gasteiger partial charge in [-0.15, -0.1) is 0 Å². The average Bonchev–Trinajstić information content (AvgIpc) is 2.73. The molecule has 0 saturated heterocycles. The van der Waals surface area contributed by atoms with Crippen molar-refractivity contribution in [2.24, 2.45) is 5.10 Å². The van der Waals surface area contributed by atoms with Crippen molar-refractivity contribution < 1.29 is 9.53 Å². The molecule has 0 unspecified atom stereocenters. The Kier molecular flexibility index (Phi) is 6.58. The van der Waals surface area contributed by atoms with E-state index in [4.69, 9.17) is 4.74 Å². The van der Waals surface area contributed by atoms with Crippen LogP contribution in [0.15, 0.2) is 84.0 Å². The van der Waals surface area contributed by atoms with Gasteiger partial charge >= 0.3 is 0 Å². The molecule has 4 nitrogen and oxygen atoms in total. The van der Waals surface area contributed by atoms with E-state index in [9.17, 15) is 4.79 Å². The van der Waals surface area contributed by atoms with Crippen LogP contribution < -0.4 is 10.2 Å². The van der Waals surface area contributed by atoms with Gasteiger partial charge in [-0.2, -0.15) is 5.10 Å². The highest BCUT2D eigenvalue weighted by atomic mass is 16.5. The first-order valence-electron chi connectivity index (χ1n) is 9.32. The van der Waals surface area contributed by atoms with Crippen LogP contribution in [0.1, 0.15) is 46.8 Å². The molecule has 0 fully saturated rings. The van der Waals surface area contributed by atoms with E-state index in [0.717, 1.165) is 11.1 Å². The predicted octanol–water partition coefficient (Wildman–Crippen LogP) is 5.15. The maximum atomic E-state index is 12.2. The Morgan fingerprint density at radius 2 is 1.64 bits per heavy atom. The lowest BCUT2D eigenvalue weighted by Crippen LogP contribution is -2.17. The van der Waals surface area contributed by atoms with Crippen molar-refractivity contribution in [2.45, 2.75) is 26.4 Å². The molecule has 0 aliphatic rings. The molecule has 28 heavy (non-hydrogen) atoms. The highest BCUT2D eigenvalue weighted by molar-refractivity contribution is 5.95. The van der Waals surface area contributed by atoms with Gasteiger partial charge in [-0.3, -0.25) is 4.79 Å². The first-order chi connectivity index (χ1) is 13.6. The zero-order valence-corrected chi connectivity index (χ0v) is 16.1. The molecule has 3 aromatic rings. The zero-order valence-electron chi connectivity index (χ0n) is 16.1. The molecule has 3 aromatic carbocycles. The van der Waals surface area contributed by atoms with Crippen LogP contribution >= 0.6 is 0 Å². The van der Waals surface area contributed by atoms with Crippen LogP contribution in [-0.2, 0) is 6.61 Å². The van der Waals surface area contributed by atoms with Crippen LogP contribution in [0.25, 0.3) is 0 Å². The third kappa shape index (κ3) is 5.55. The van der Waals surface area contributed by atoms with E-state index >= 15 is 0 Å². The lowest BCUT2D eigenvalue weighted by atomic mass is 10.0. The van der Waals surface area contributed by atoms with Crippen molar-refractivity contribution in [3.05, 3.63) is 101 Å². The Hall–Kier alpha value is -3.40. The van der Waals surface area contributed by atoms with Gasteiger partial charge in [0.1, 0.15) is 12.4 Å². The number of hydrazone groups is 1. The van der Waals surface area contributed by atoms with Gasteiger partial charge < -0.3 is 4.74 Å². The van der Waals surface area contributed by atoms with Gasteiger partial charge in [0.25, 0.3) is 5.91 Å². The summed E-state index contributed by atoms with van der Waals surface area (Å²) >= 11 is 0. The van der Waals surface area contributed by atoms with Crippen molar-refractivity contribution >= 4 is 12.1 Å². The number of hydrogen-bond donors (Lipinski definition) is 1. The molecule has 0 heterocycles. The molecule has 1 N–H and O–H groups in total. The third-order valence-corrected chi connectivity index (χ3v) is 4.35. The summed E-state index contributed by atoms with van der Waals surface area (Å²) < 4.78 is 5.73. The standard InChI is InChI=1S/C24H24N2O2/c1-18(2)21-10-8-19(9-11-21)16-25-26-24(27)22-12-14-23(15-13-22)28-17-20-6-4-3-5-7-20/h3-16,18H,17H2,1-2H3,(H,26,27). The molecule has 1 amide bonds. The quantitative estimate of drug-likeness (QED) is 0.460. The topological polar surface area (TPSA) is 50.7 Å². The van der Waals surface area contributed by atoms with Crippen LogP contribution in [0.4, 0.5) is 0 Å². The van der Waals surface area contributed by atoms with E-state index in [0.29, 0.717) is 23.8 Å². The van der Waals surface area contributed by atoms with Gasteiger partial charge in [0.2, 0.25) is 0 Å². The summed E-state index contributed by atoms with van der Waals surface area (Å²) in [6, 6.07) is 25.1. The van der Waals surface area contributed by atoms with Gasteiger partial charge in [-0.1, -0.05) is 68.4 Å². The molecular weight excluding hydrogens is 348 g/mol. The first kappa shape index (κ1) is 19.4. The van der Waals surface area contributed by atoms with E-state index in [1.54, 1.807) is 30.5 Å². The summed E-state index contributed by atoms with van der Waals surface area (Å²) in [6.45, 7) is 4.80. The fourth-order valence-corrected chi connectivity index (χ4v) is 2.64. The van der Waals surface area contributed by atoms with Gasteiger partial charge in [-0.05, 0) is 46.9 Å². The van der Waals surface area contributed by atoms with Crippen molar-refractivity contribution in [3.63, 3.8) is 0 Å². The van der Waals surface area contributed by atoms with E-state index in [2.05, 4.69) is 36.5 Å². The third-order valence-electron chi connectivity index (χ3n) is 4.35. The maximum Gasteiger partial charge on any atom is 0.271 e. The molecule has 0 saturated carbocycles. The first-order valence-corrected chi connectivity index (χ1v) is 9.32. The van der Waals surface area contributed by atoms with Crippen LogP contribution in [0.3, 0.4) is 0 Å². The van der Waals surface area contributed by atoms with Gasteiger partial charge in [0.05, 0.1) is 6.21 Å². The number of nitrogens with one attached hydrogen (secondary N) is 1. The zero-order chi connectivity index (χ0) is 19.8. The Balaban J connectivity index is 1.51. The molecule has 0 atom stereocenters. The van der Waals surface area contributed by atoms with Crippen molar-refractivity contribution in [3.8, 4) is 5.75 Å². The molecule has 3 rings (SSSR count). The molecular formula is C24H24N2O2. The van der Waals surface area contributed by atoms with E-state index < -0.39 is 0 Å². The summed E-state index contributed by atoms with van der Waals surface area (Å²) in [6.07, 6.45) is 1.64. The molecule has 0 spiro atoms. The van der Waals surface area contributed by atoms with Crippen molar-refractivity contribution in [2.75, 3.05) is 0 Å². The number of carbonyl (C=O) groups excluding carboxylic acids is 1. The summed E-state index contributed by atoms with van der Waals surface area (Å²) in [5.74, 6) is 0.948. The minimum absolute atomic E-state index is 0.260. The van der Waals surface area contributed by atoms with Crippen LogP contribution in [0, 0.1) is 0 Å². The van der Waals surface area contributed by atoms with Gasteiger partial charge in [0.15, 0.2) is 0 Å². The molecule has 0 radical (unpaired) electrons. The highest BCUT2D eigenvalue weighted by Gasteiger charge is 2.05. The summed E-state index contributed by atoms with van der Waals surface area (Å²) in [4.78, 5) is 12.2. The predicted molar refractivity (Wildman–Crippen MR) is 113 cm³/mol. The van der Waals surface area contributed by atoms with Gasteiger partial charge in [0, 0.05) is 5.56 Å². The number of rotatable bonds is 7. The number of carbonyl (C=O) groups is 1. The Bertz CT molecular complexity index is 915. The average molecular weight is 372 g/mol. The van der Waals surface area contributed by atoms with E-state index in [1.807, 2.05) is 42.5 Å². The number of benzene rings is 3. The van der Waals surface area contributed by atoms with E-state index in [-0.39, 0.29) is 5.91 Å². The monoisotopic (exact) mass is 372 g/mol. The Morgan fingerprint density at radius 1 is 0.964 bits per heavy atom. The maximum absolute atomic E-state index is 12.2. The minimum atomic E-state index is -0.260. The van der Waals surface area contributed by atoms with Crippen LogP contribution in [-0.4, -0.2) is 12.1 Å². The number of ether oxygens (including phenoxy) is 1. The molecule has 142 valence electrons. The van der Waals surface area contributed by atoms with Crippen molar-refractivity contribution in [1.82, 2.24) is 5.43 Å². The SMILES string of the molecule is CC(C)c1ccc(C=NNC(=O)c2ccc(OCc3ccccc3)cc2)cc1. The Morgan fingerprint density at radius 3 is 2.29 bits per heavy atom. The lowest BCUT2D eigenvalue weighted by Gasteiger charge is -2.07. The molecule has 0 aliphatic heterocycles. The summed E-state index contributed by atoms with van der Waals surface area (Å²) in [5.41, 5.74) is 6.39. The fraction of sp³-hybridized carbons (Fsp3) is 0.167. The summed E-state index contributed by atoms with van der Waals surface area (Å²) in [5, 5.41) is 4.04. The molecule has 4 heteroatoms. The highest BCUT2D eigenvalue weighted by Crippen LogP contribution is 2.15. The lowest BCUT2D eigenvalue weighted by molar-refractivity contribution is 0.0955. The normalized spacial score (nSPS) is 11.0. The summed E-state index contributed by atoms with van der Waals surface area (Å²) in [7, 11) is 0. The fourth-order valence-electron chi connectivity index (χ4n) is 2.64. The second-order valence-electron chi connectivity index (χ2n) is 6.82. The number of amides is 1. The largest absolute Gasteiger partial charge is 0.489 e. The Labute approximate surface area is 165 Å². The second kappa shape index (κ2) is 9.51. The minimum Gasteiger partial charge on any atom is -0.489 e. The smallest absolute Gasteiger partial charge is 0.271 e. The van der Waals surface area contributed by atoms with Crippen molar-refractivity contribution in [1.29, 1.82) is 0 Å². The van der Waals surface area contributed by atoms with Crippen LogP contribution in [0.2, 0.25) is 0 Å². The second-order valence-corrected chi connectivity index (χ2v) is 6.82. The molecule has 0 aromatic heterocycles. The molecule has 0 aliphatic carbocycles. The number of hydrogen-bond acceptors (Lipinski definition) is 3. The van der Waals surface area contributed by atoms with E-state index in [1.165, 1.54) is 5.56 Å². The van der Waals surface area contributed by atoms with Crippen LogP contribution in [0.5, 0.6) is 5.75 Å². The molecule has 0 bridgehead atoms. The number of nitrogens with zero attached hydrogens (tertiary/aromatic N) is 1. The van der Waals surface area contributed by atoms with Gasteiger partial charge in [-0.25, -0.2) is 5.43 Å².